The zero-order chi connectivity index (χ0) is 19.7. The van der Waals surface area contributed by atoms with E-state index in [2.05, 4.69) is 37.1 Å². The van der Waals surface area contributed by atoms with Gasteiger partial charge in [-0.15, -0.1) is 0 Å². The first-order valence-corrected chi connectivity index (χ1v) is 10.6. The number of rotatable bonds is 6. The SMILES string of the molecule is C/C(=C\[C@@H]1C=C[C@@H]2CC[C@H](C)[C@H]2C1Cc1cc(Cl)c(Cl)[nH]1)C[C@@H](C)C(=O)O. The molecule has 0 aliphatic heterocycles. The predicted molar refractivity (Wildman–Crippen MR) is 111 cm³/mol. The maximum atomic E-state index is 11.2. The highest BCUT2D eigenvalue weighted by Gasteiger charge is 2.42. The molecule has 1 aromatic rings. The van der Waals surface area contributed by atoms with Crippen LogP contribution in [0.25, 0.3) is 0 Å². The van der Waals surface area contributed by atoms with E-state index in [1.807, 2.05) is 6.07 Å². The van der Waals surface area contributed by atoms with Crippen LogP contribution in [0.1, 0.15) is 45.7 Å². The Morgan fingerprint density at radius 2 is 2.11 bits per heavy atom. The van der Waals surface area contributed by atoms with Gasteiger partial charge < -0.3 is 10.1 Å². The van der Waals surface area contributed by atoms with Crippen LogP contribution in [0.15, 0.2) is 29.9 Å². The van der Waals surface area contributed by atoms with Gasteiger partial charge in [0.25, 0.3) is 0 Å². The number of aromatic amines is 1. The van der Waals surface area contributed by atoms with E-state index in [0.717, 1.165) is 17.7 Å². The van der Waals surface area contributed by atoms with Crippen LogP contribution >= 0.6 is 23.2 Å². The first-order chi connectivity index (χ1) is 12.8. The first kappa shape index (κ1) is 20.5. The molecular weight excluding hydrogens is 381 g/mol. The van der Waals surface area contributed by atoms with Crippen LogP contribution in [0.5, 0.6) is 0 Å². The monoisotopic (exact) mass is 409 g/mol. The minimum Gasteiger partial charge on any atom is -0.481 e. The van der Waals surface area contributed by atoms with Gasteiger partial charge in [-0.25, -0.2) is 0 Å². The molecule has 1 unspecified atom stereocenters. The molecule has 2 aliphatic rings. The van der Waals surface area contributed by atoms with Crippen molar-refractivity contribution in [2.75, 3.05) is 0 Å². The van der Waals surface area contributed by atoms with E-state index in [0.29, 0.717) is 46.2 Å². The molecule has 1 saturated carbocycles. The van der Waals surface area contributed by atoms with Crippen LogP contribution < -0.4 is 0 Å². The van der Waals surface area contributed by atoms with E-state index in [1.165, 1.54) is 12.8 Å². The van der Waals surface area contributed by atoms with E-state index in [1.54, 1.807) is 6.92 Å². The molecule has 2 aliphatic carbocycles. The van der Waals surface area contributed by atoms with Gasteiger partial charge in [-0.1, -0.05) is 60.9 Å². The quantitative estimate of drug-likeness (QED) is 0.534. The maximum absolute atomic E-state index is 11.2. The summed E-state index contributed by atoms with van der Waals surface area (Å²) in [6.07, 6.45) is 11.1. The van der Waals surface area contributed by atoms with Crippen LogP contribution in [0.3, 0.4) is 0 Å². The number of allylic oxidation sites excluding steroid dienone is 4. The molecule has 0 bridgehead atoms. The Bertz CT molecular complexity index is 732. The molecule has 2 N–H and O–H groups in total. The zero-order valence-corrected chi connectivity index (χ0v) is 17.7. The van der Waals surface area contributed by atoms with Gasteiger partial charge in [-0.3, -0.25) is 4.79 Å². The second kappa shape index (κ2) is 8.45. The summed E-state index contributed by atoms with van der Waals surface area (Å²) < 4.78 is 0. The third-order valence-electron chi connectivity index (χ3n) is 6.44. The van der Waals surface area contributed by atoms with Gasteiger partial charge >= 0.3 is 5.97 Å². The van der Waals surface area contributed by atoms with Gasteiger partial charge in [0.05, 0.1) is 10.9 Å². The van der Waals surface area contributed by atoms with Crippen molar-refractivity contribution in [2.45, 2.75) is 46.5 Å². The largest absolute Gasteiger partial charge is 0.481 e. The fourth-order valence-corrected chi connectivity index (χ4v) is 5.49. The highest BCUT2D eigenvalue weighted by atomic mass is 35.5. The molecular formula is C22H29Cl2NO2. The molecule has 6 atom stereocenters. The van der Waals surface area contributed by atoms with Crippen LogP contribution in [0.2, 0.25) is 10.2 Å². The van der Waals surface area contributed by atoms with Crippen LogP contribution in [0.4, 0.5) is 0 Å². The number of carboxylic acids is 1. The summed E-state index contributed by atoms with van der Waals surface area (Å²) in [5.74, 6) is 1.67. The van der Waals surface area contributed by atoms with Crippen LogP contribution in [0, 0.1) is 35.5 Å². The minimum absolute atomic E-state index is 0.314. The molecule has 1 heterocycles. The normalized spacial score (nSPS) is 31.7. The lowest BCUT2D eigenvalue weighted by Crippen LogP contribution is -2.32. The Hall–Kier alpha value is -1.19. The third-order valence-corrected chi connectivity index (χ3v) is 7.13. The Morgan fingerprint density at radius 3 is 2.74 bits per heavy atom. The van der Waals surface area contributed by atoms with Crippen molar-refractivity contribution in [1.82, 2.24) is 4.98 Å². The van der Waals surface area contributed by atoms with Crippen molar-refractivity contribution in [3.63, 3.8) is 0 Å². The molecule has 27 heavy (non-hydrogen) atoms. The Morgan fingerprint density at radius 1 is 1.37 bits per heavy atom. The molecule has 5 heteroatoms. The smallest absolute Gasteiger partial charge is 0.306 e. The Balaban J connectivity index is 1.85. The van der Waals surface area contributed by atoms with Gasteiger partial charge in [0, 0.05) is 5.69 Å². The maximum Gasteiger partial charge on any atom is 0.306 e. The number of aliphatic carboxylic acids is 1. The summed E-state index contributed by atoms with van der Waals surface area (Å²) in [6.45, 7) is 6.19. The fourth-order valence-electron chi connectivity index (χ4n) is 5.13. The molecule has 3 nitrogen and oxygen atoms in total. The topological polar surface area (TPSA) is 53.1 Å². The summed E-state index contributed by atoms with van der Waals surface area (Å²) in [6, 6.07) is 1.94. The lowest BCUT2D eigenvalue weighted by atomic mass is 9.67. The van der Waals surface area contributed by atoms with Crippen molar-refractivity contribution < 1.29 is 9.90 Å². The van der Waals surface area contributed by atoms with Gasteiger partial charge in [0.1, 0.15) is 5.15 Å². The molecule has 0 radical (unpaired) electrons. The van der Waals surface area contributed by atoms with Crippen molar-refractivity contribution in [2.24, 2.45) is 35.5 Å². The van der Waals surface area contributed by atoms with Crippen LogP contribution in [-0.4, -0.2) is 16.1 Å². The number of hydrogen-bond acceptors (Lipinski definition) is 1. The van der Waals surface area contributed by atoms with Gasteiger partial charge in [0.2, 0.25) is 0 Å². The molecule has 0 amide bonds. The standard InChI is InChI=1S/C22H29Cl2NO2/c1-12(8-14(3)22(26)27)9-16-7-6-15-5-4-13(2)20(15)18(16)10-17-11-19(23)21(24)25-17/h6-7,9,11,13-16,18,20,25H,4-5,8,10H2,1-3H3,(H,26,27)/b12-9+/t13-,14+,15-,16-,18?,20+/m0/s1. The van der Waals surface area contributed by atoms with E-state index < -0.39 is 5.97 Å². The molecule has 0 aromatic carbocycles. The van der Waals surface area contributed by atoms with Crippen molar-refractivity contribution in [3.05, 3.63) is 45.7 Å². The summed E-state index contributed by atoms with van der Waals surface area (Å²) in [4.78, 5) is 14.4. The van der Waals surface area contributed by atoms with Crippen molar-refractivity contribution in [1.29, 1.82) is 0 Å². The third kappa shape index (κ3) is 4.63. The number of aromatic nitrogens is 1. The molecule has 1 aromatic heterocycles. The van der Waals surface area contributed by atoms with Gasteiger partial charge in [0.15, 0.2) is 0 Å². The lowest BCUT2D eigenvalue weighted by Gasteiger charge is -2.38. The molecule has 3 rings (SSSR count). The highest BCUT2D eigenvalue weighted by Crippen LogP contribution is 2.49. The Kier molecular flexibility index (Phi) is 6.43. The number of carbonyl (C=O) groups is 1. The number of nitrogens with one attached hydrogen (secondary N) is 1. The second-order valence-electron chi connectivity index (χ2n) is 8.54. The molecule has 0 saturated heterocycles. The Labute approximate surface area is 171 Å². The first-order valence-electron chi connectivity index (χ1n) is 9.87. The highest BCUT2D eigenvalue weighted by molar-refractivity contribution is 6.41. The number of hydrogen-bond donors (Lipinski definition) is 2. The average molecular weight is 410 g/mol. The summed E-state index contributed by atoms with van der Waals surface area (Å²) in [5, 5.41) is 10.3. The van der Waals surface area contributed by atoms with Crippen molar-refractivity contribution >= 4 is 29.2 Å². The fraction of sp³-hybridized carbons (Fsp3) is 0.591. The van der Waals surface area contributed by atoms with Crippen LogP contribution in [-0.2, 0) is 11.2 Å². The zero-order valence-electron chi connectivity index (χ0n) is 16.2. The average Bonchev–Trinajstić information content (AvgIpc) is 3.12. The minimum atomic E-state index is -0.737. The summed E-state index contributed by atoms with van der Waals surface area (Å²) >= 11 is 12.3. The van der Waals surface area contributed by atoms with Gasteiger partial charge in [-0.2, -0.15) is 0 Å². The number of fused-ring (bicyclic) bond motifs is 1. The van der Waals surface area contributed by atoms with Gasteiger partial charge in [-0.05, 0) is 68.3 Å². The number of halogens is 2. The summed E-state index contributed by atoms with van der Waals surface area (Å²) in [5.41, 5.74) is 2.23. The summed E-state index contributed by atoms with van der Waals surface area (Å²) in [7, 11) is 0. The van der Waals surface area contributed by atoms with E-state index in [-0.39, 0.29) is 5.92 Å². The number of H-pyrrole nitrogens is 1. The molecule has 1 fully saturated rings. The van der Waals surface area contributed by atoms with E-state index >= 15 is 0 Å². The second-order valence-corrected chi connectivity index (χ2v) is 9.32. The molecule has 0 spiro atoms. The number of carboxylic acid groups (broad SMARTS) is 1. The lowest BCUT2D eigenvalue weighted by molar-refractivity contribution is -0.141. The predicted octanol–water partition coefficient (Wildman–Crippen LogP) is 6.39. The van der Waals surface area contributed by atoms with Crippen molar-refractivity contribution in [3.8, 4) is 0 Å². The van der Waals surface area contributed by atoms with E-state index in [4.69, 9.17) is 23.2 Å². The van der Waals surface area contributed by atoms with E-state index in [9.17, 15) is 9.90 Å². The molecule has 148 valence electrons.